The molecule has 12 heteroatoms. The number of aliphatic hydroxyl groups excluding tert-OH is 1. The molecule has 2 unspecified atom stereocenters. The molecule has 2 aromatic heterocycles. The van der Waals surface area contributed by atoms with Gasteiger partial charge in [-0.25, -0.2) is 4.98 Å². The fourth-order valence-corrected chi connectivity index (χ4v) is 6.75. The molecular weight excluding hydrogens is 570 g/mol. The Balaban J connectivity index is 1.25. The highest BCUT2D eigenvalue weighted by atomic mass is 32.1. The molecule has 2 fully saturated rings. The summed E-state index contributed by atoms with van der Waals surface area (Å²) >= 11 is 1.59. The smallest absolute Gasteiger partial charge is 0.248 e. The van der Waals surface area contributed by atoms with Crippen LogP contribution in [0.25, 0.3) is 10.4 Å². The Morgan fingerprint density at radius 3 is 2.53 bits per heavy atom. The average Bonchev–Trinajstić information content (AvgIpc) is 3.71. The number of nitrogens with zero attached hydrogens (tertiary/aromatic N) is 3. The van der Waals surface area contributed by atoms with Crippen molar-refractivity contribution in [3.63, 3.8) is 0 Å². The van der Waals surface area contributed by atoms with E-state index >= 15 is 0 Å². The normalized spacial score (nSPS) is 21.7. The second-order valence-corrected chi connectivity index (χ2v) is 13.1. The third kappa shape index (κ3) is 6.25. The Bertz CT molecular complexity index is 1430. The molecule has 0 bridgehead atoms. The molecule has 0 spiro atoms. The van der Waals surface area contributed by atoms with Crippen LogP contribution in [0.2, 0.25) is 0 Å². The average molecular weight is 612 g/mol. The van der Waals surface area contributed by atoms with E-state index in [0.29, 0.717) is 24.7 Å². The van der Waals surface area contributed by atoms with Crippen molar-refractivity contribution in [3.8, 4) is 10.4 Å². The highest BCUT2D eigenvalue weighted by molar-refractivity contribution is 7.13. The SMILES string of the molecule is COC(OC)C1CN(c2cc(C(C)(C)CC(=O)C3(C(=O)N[C@@H](C)c4ccc(-c5scnc5C)cc4)CC(O)CN3)on2)C1. The number of rotatable bonds is 12. The van der Waals surface area contributed by atoms with Crippen LogP contribution in [-0.2, 0) is 24.5 Å². The Morgan fingerprint density at radius 2 is 1.95 bits per heavy atom. The van der Waals surface area contributed by atoms with Crippen molar-refractivity contribution in [1.29, 1.82) is 0 Å². The molecule has 0 saturated carbocycles. The van der Waals surface area contributed by atoms with Crippen molar-refractivity contribution in [3.05, 3.63) is 52.9 Å². The summed E-state index contributed by atoms with van der Waals surface area (Å²) in [5, 5.41) is 20.7. The molecule has 11 nitrogen and oxygen atoms in total. The number of ether oxygens (including phenoxy) is 2. The lowest BCUT2D eigenvalue weighted by Crippen LogP contribution is -2.60. The minimum atomic E-state index is -1.55. The van der Waals surface area contributed by atoms with Gasteiger partial charge in [-0.1, -0.05) is 43.3 Å². The van der Waals surface area contributed by atoms with Gasteiger partial charge in [0.2, 0.25) is 5.91 Å². The van der Waals surface area contributed by atoms with Gasteiger partial charge in [0.05, 0.1) is 28.2 Å². The lowest BCUT2D eigenvalue weighted by atomic mass is 9.77. The predicted molar refractivity (Wildman–Crippen MR) is 163 cm³/mol. The van der Waals surface area contributed by atoms with E-state index < -0.39 is 23.0 Å². The zero-order valence-corrected chi connectivity index (χ0v) is 26.4. The summed E-state index contributed by atoms with van der Waals surface area (Å²) in [4.78, 5) is 35.2. The first-order valence-corrected chi connectivity index (χ1v) is 15.4. The second-order valence-electron chi connectivity index (χ2n) is 12.3. The van der Waals surface area contributed by atoms with E-state index in [4.69, 9.17) is 14.0 Å². The molecule has 232 valence electrons. The number of β-amino-alcohol motifs (C(OH)–C–C–N with tert-alkyl or cyclic N) is 1. The minimum absolute atomic E-state index is 0.00104. The number of ketones is 1. The first-order valence-electron chi connectivity index (χ1n) is 14.5. The number of methoxy groups -OCH3 is 2. The first kappa shape index (κ1) is 31.3. The molecule has 2 saturated heterocycles. The number of hydrogen-bond acceptors (Lipinski definition) is 11. The molecule has 2 aliphatic heterocycles. The topological polar surface area (TPSA) is 139 Å². The van der Waals surface area contributed by atoms with Gasteiger partial charge in [0, 0.05) is 64.1 Å². The fraction of sp³-hybridized carbons (Fsp3) is 0.548. The molecule has 0 aliphatic carbocycles. The number of aromatic nitrogens is 2. The van der Waals surface area contributed by atoms with Crippen molar-refractivity contribution >= 4 is 28.8 Å². The van der Waals surface area contributed by atoms with Gasteiger partial charge in [0.25, 0.3) is 0 Å². The summed E-state index contributed by atoms with van der Waals surface area (Å²) in [6.07, 6.45) is -1.07. The highest BCUT2D eigenvalue weighted by Gasteiger charge is 2.52. The van der Waals surface area contributed by atoms with Crippen LogP contribution in [-0.4, -0.2) is 78.7 Å². The van der Waals surface area contributed by atoms with E-state index in [1.165, 1.54) is 0 Å². The Labute approximate surface area is 255 Å². The van der Waals surface area contributed by atoms with Gasteiger partial charge >= 0.3 is 0 Å². The predicted octanol–water partition coefficient (Wildman–Crippen LogP) is 3.37. The number of carbonyl (C=O) groups excluding carboxylic acids is 2. The highest BCUT2D eigenvalue weighted by Crippen LogP contribution is 2.36. The van der Waals surface area contributed by atoms with Crippen LogP contribution in [0.5, 0.6) is 0 Å². The minimum Gasteiger partial charge on any atom is -0.392 e. The van der Waals surface area contributed by atoms with Crippen molar-refractivity contribution in [2.75, 3.05) is 38.8 Å². The number of hydrogen-bond donors (Lipinski definition) is 3. The fourth-order valence-electron chi connectivity index (χ4n) is 5.93. The van der Waals surface area contributed by atoms with Crippen LogP contribution in [0, 0.1) is 12.8 Å². The molecule has 4 heterocycles. The quantitative estimate of drug-likeness (QED) is 0.206. The summed E-state index contributed by atoms with van der Waals surface area (Å²) in [5.41, 5.74) is 2.48. The molecular formula is C31H41N5O6S. The van der Waals surface area contributed by atoms with Gasteiger partial charge in [-0.3, -0.25) is 14.9 Å². The van der Waals surface area contributed by atoms with Gasteiger partial charge in [-0.05, 0) is 25.0 Å². The van der Waals surface area contributed by atoms with Gasteiger partial charge in [0.15, 0.2) is 23.4 Å². The summed E-state index contributed by atoms with van der Waals surface area (Å²) < 4.78 is 16.4. The number of Topliss-reactive ketones (excluding diaryl/α,β-unsaturated/α-hetero) is 1. The molecule has 3 atom stereocenters. The van der Waals surface area contributed by atoms with Crippen LogP contribution in [0.3, 0.4) is 0 Å². The van der Waals surface area contributed by atoms with Crippen molar-refractivity contribution in [1.82, 2.24) is 20.8 Å². The largest absolute Gasteiger partial charge is 0.392 e. The van der Waals surface area contributed by atoms with E-state index in [-0.39, 0.29) is 43.4 Å². The van der Waals surface area contributed by atoms with Crippen LogP contribution in [0.4, 0.5) is 5.82 Å². The van der Waals surface area contributed by atoms with Crippen LogP contribution in [0.1, 0.15) is 56.7 Å². The zero-order valence-electron chi connectivity index (χ0n) is 25.5. The third-order valence-corrected chi connectivity index (χ3v) is 9.64. The standard InChI is InChI=1S/C31H41N5O6S/c1-18(20-7-9-21(10-8-20)27-19(2)32-17-43-27)34-29(39)31(12-23(37)14-33-31)24(38)13-30(3,4)25-11-26(35-42-25)36-15-22(16-36)28(40-5)41-6/h7-11,17-18,22-23,28,33,37H,12-16H2,1-6H3,(H,34,39)/t18-,23?,31?/m0/s1. The Kier molecular flexibility index (Phi) is 9.05. The Morgan fingerprint density at radius 1 is 1.26 bits per heavy atom. The van der Waals surface area contributed by atoms with Gasteiger partial charge in [-0.2, -0.15) is 0 Å². The second kappa shape index (κ2) is 12.4. The zero-order chi connectivity index (χ0) is 30.9. The number of anilines is 1. The number of benzene rings is 1. The number of amides is 1. The number of thiazole rings is 1. The van der Waals surface area contributed by atoms with E-state index in [1.807, 2.05) is 63.5 Å². The lowest BCUT2D eigenvalue weighted by Gasteiger charge is -2.41. The summed E-state index contributed by atoms with van der Waals surface area (Å²) in [5.74, 6) is 0.707. The van der Waals surface area contributed by atoms with Crippen molar-refractivity contribution in [2.24, 2.45) is 5.92 Å². The molecule has 43 heavy (non-hydrogen) atoms. The molecule has 3 aromatic rings. The van der Waals surface area contributed by atoms with E-state index in [1.54, 1.807) is 25.6 Å². The van der Waals surface area contributed by atoms with Crippen molar-refractivity contribution < 1.29 is 28.7 Å². The maximum Gasteiger partial charge on any atom is 0.248 e. The van der Waals surface area contributed by atoms with E-state index in [0.717, 1.165) is 21.7 Å². The molecule has 3 N–H and O–H groups in total. The number of aryl methyl sites for hydroxylation is 1. The molecule has 1 aromatic carbocycles. The maximum atomic E-state index is 13.9. The monoisotopic (exact) mass is 611 g/mol. The summed E-state index contributed by atoms with van der Waals surface area (Å²) in [6.45, 7) is 9.24. The van der Waals surface area contributed by atoms with Gasteiger partial charge in [-0.15, -0.1) is 11.3 Å². The number of aliphatic hydroxyl groups is 1. The molecule has 2 aliphatic rings. The van der Waals surface area contributed by atoms with E-state index in [9.17, 15) is 14.7 Å². The first-order chi connectivity index (χ1) is 20.5. The number of carbonyl (C=O) groups is 2. The summed E-state index contributed by atoms with van der Waals surface area (Å²) in [6, 6.07) is 9.47. The molecule has 5 rings (SSSR count). The molecule has 0 radical (unpaired) electrons. The summed E-state index contributed by atoms with van der Waals surface area (Å²) in [7, 11) is 3.25. The van der Waals surface area contributed by atoms with Crippen LogP contribution in [0.15, 0.2) is 40.4 Å². The van der Waals surface area contributed by atoms with Crippen LogP contribution < -0.4 is 15.5 Å². The third-order valence-electron chi connectivity index (χ3n) is 8.66. The molecule has 1 amide bonds. The van der Waals surface area contributed by atoms with Gasteiger partial charge < -0.3 is 29.3 Å². The lowest BCUT2D eigenvalue weighted by molar-refractivity contribution is -0.142. The Hall–Kier alpha value is -3.16. The van der Waals surface area contributed by atoms with Crippen LogP contribution >= 0.6 is 11.3 Å². The van der Waals surface area contributed by atoms with Crippen molar-refractivity contribution in [2.45, 2.75) is 69.9 Å². The van der Waals surface area contributed by atoms with Gasteiger partial charge in [0.1, 0.15) is 5.76 Å². The maximum absolute atomic E-state index is 13.9. The van der Waals surface area contributed by atoms with E-state index in [2.05, 4.69) is 25.7 Å². The number of nitrogens with one attached hydrogen (secondary N) is 2.